The second-order valence-corrected chi connectivity index (χ2v) is 6.70. The van der Waals surface area contributed by atoms with Gasteiger partial charge in [0.15, 0.2) is 0 Å². The summed E-state index contributed by atoms with van der Waals surface area (Å²) in [5.41, 5.74) is 4.34. The van der Waals surface area contributed by atoms with E-state index in [1.807, 2.05) is 0 Å². The Morgan fingerprint density at radius 2 is 1.95 bits per heavy atom. The number of piperazine rings is 1. The number of aromatic nitrogens is 1. The van der Waals surface area contributed by atoms with E-state index in [4.69, 9.17) is 0 Å². The van der Waals surface area contributed by atoms with Crippen molar-refractivity contribution in [3.8, 4) is 0 Å². The van der Waals surface area contributed by atoms with Gasteiger partial charge in [0.2, 0.25) is 0 Å². The van der Waals surface area contributed by atoms with Gasteiger partial charge in [0.05, 0.1) is 0 Å². The molecule has 0 saturated carbocycles. The van der Waals surface area contributed by atoms with E-state index in [-0.39, 0.29) is 0 Å². The first-order valence-corrected chi connectivity index (χ1v) is 8.74. The lowest BCUT2D eigenvalue weighted by atomic mass is 10.1. The average molecular weight is 299 g/mol. The lowest BCUT2D eigenvalue weighted by molar-refractivity contribution is 0.244. The minimum absolute atomic E-state index is 0.517. The highest BCUT2D eigenvalue weighted by Crippen LogP contribution is 2.26. The monoisotopic (exact) mass is 299 g/mol. The number of hydrogen-bond acceptors (Lipinski definition) is 2. The van der Waals surface area contributed by atoms with E-state index in [9.17, 15) is 0 Å². The van der Waals surface area contributed by atoms with Crippen LogP contribution in [0.5, 0.6) is 0 Å². The second kappa shape index (κ2) is 6.84. The molecule has 1 aromatic carbocycles. The molecule has 1 aromatic heterocycles. The van der Waals surface area contributed by atoms with Crippen molar-refractivity contribution >= 4 is 10.9 Å². The highest BCUT2D eigenvalue weighted by atomic mass is 15.2. The Labute approximate surface area is 134 Å². The molecule has 2 aromatic rings. The molecule has 1 N–H and O–H groups in total. The molecule has 22 heavy (non-hydrogen) atoms. The molecular weight excluding hydrogens is 270 g/mol. The van der Waals surface area contributed by atoms with E-state index < -0.39 is 0 Å². The molecule has 2 heterocycles. The van der Waals surface area contributed by atoms with E-state index in [1.165, 1.54) is 41.7 Å². The zero-order chi connectivity index (χ0) is 15.5. The van der Waals surface area contributed by atoms with Gasteiger partial charge in [-0.05, 0) is 49.9 Å². The van der Waals surface area contributed by atoms with Crippen molar-refractivity contribution in [3.63, 3.8) is 0 Å². The second-order valence-electron chi connectivity index (χ2n) is 6.70. The Bertz CT molecular complexity index is 621. The van der Waals surface area contributed by atoms with Crippen LogP contribution in [0.25, 0.3) is 10.9 Å². The van der Waals surface area contributed by atoms with Gasteiger partial charge in [-0.25, -0.2) is 0 Å². The van der Waals surface area contributed by atoms with Crippen molar-refractivity contribution in [2.75, 3.05) is 32.7 Å². The number of hydrogen-bond donors (Lipinski definition) is 1. The molecule has 1 saturated heterocycles. The number of benzene rings is 1. The highest BCUT2D eigenvalue weighted by molar-refractivity contribution is 5.85. The van der Waals surface area contributed by atoms with Crippen LogP contribution in [0.2, 0.25) is 0 Å². The maximum Gasteiger partial charge on any atom is 0.0485 e. The summed E-state index contributed by atoms with van der Waals surface area (Å²) in [6, 6.07) is 7.51. The Hall–Kier alpha value is -1.32. The van der Waals surface area contributed by atoms with Crippen LogP contribution in [0.3, 0.4) is 0 Å². The number of nitrogens with zero attached hydrogens (tertiary/aromatic N) is 2. The predicted octanol–water partition coefficient (Wildman–Crippen LogP) is 3.23. The molecule has 0 unspecified atom stereocenters. The molecule has 120 valence electrons. The molecule has 3 nitrogen and oxygen atoms in total. The smallest absolute Gasteiger partial charge is 0.0485 e. The topological polar surface area (TPSA) is 20.2 Å². The summed E-state index contributed by atoms with van der Waals surface area (Å²) in [6.45, 7) is 12.6. The molecule has 1 aliphatic rings. The summed E-state index contributed by atoms with van der Waals surface area (Å²) in [5, 5.41) is 4.89. The van der Waals surface area contributed by atoms with Crippen LogP contribution in [-0.2, 0) is 12.8 Å². The minimum atomic E-state index is 0.517. The Balaban J connectivity index is 1.86. The minimum Gasteiger partial charge on any atom is -0.345 e. The molecule has 1 fully saturated rings. The summed E-state index contributed by atoms with van der Waals surface area (Å²) in [4.78, 5) is 2.58. The molecule has 1 aliphatic heterocycles. The van der Waals surface area contributed by atoms with Gasteiger partial charge >= 0.3 is 0 Å². The quantitative estimate of drug-likeness (QED) is 0.914. The Kier molecular flexibility index (Phi) is 4.84. The number of fused-ring (bicyclic) bond motifs is 1. The molecule has 0 atom stereocenters. The van der Waals surface area contributed by atoms with E-state index in [2.05, 4.69) is 60.0 Å². The molecule has 0 spiro atoms. The van der Waals surface area contributed by atoms with Gasteiger partial charge in [0.1, 0.15) is 0 Å². The Morgan fingerprint density at radius 3 is 2.64 bits per heavy atom. The molecule has 0 bridgehead atoms. The van der Waals surface area contributed by atoms with Crippen LogP contribution in [0.4, 0.5) is 0 Å². The van der Waals surface area contributed by atoms with Gasteiger partial charge in [0.25, 0.3) is 0 Å². The molecule has 0 radical (unpaired) electrons. The van der Waals surface area contributed by atoms with Crippen LogP contribution in [0, 0.1) is 0 Å². The van der Waals surface area contributed by atoms with E-state index in [0.29, 0.717) is 6.04 Å². The van der Waals surface area contributed by atoms with Gasteiger partial charge < -0.3 is 14.8 Å². The SMILES string of the molecule is CCc1ccc2c(c1)c(CCN1CCNCC1)cn2C(C)C. The van der Waals surface area contributed by atoms with Gasteiger partial charge in [-0.3, -0.25) is 0 Å². The summed E-state index contributed by atoms with van der Waals surface area (Å²) in [6.07, 6.45) is 4.65. The van der Waals surface area contributed by atoms with Crippen LogP contribution in [-0.4, -0.2) is 42.2 Å². The standard InChI is InChI=1S/C19H29N3/c1-4-16-5-6-19-18(13-16)17(14-22(19)15(2)3)7-10-21-11-8-20-9-12-21/h5-6,13-15,20H,4,7-12H2,1-3H3. The number of nitrogens with one attached hydrogen (secondary N) is 1. The van der Waals surface area contributed by atoms with Crippen molar-refractivity contribution < 1.29 is 0 Å². The van der Waals surface area contributed by atoms with Crippen molar-refractivity contribution in [2.45, 2.75) is 39.7 Å². The van der Waals surface area contributed by atoms with Crippen LogP contribution >= 0.6 is 0 Å². The maximum absolute atomic E-state index is 3.43. The van der Waals surface area contributed by atoms with Gasteiger partial charge in [-0.2, -0.15) is 0 Å². The van der Waals surface area contributed by atoms with Crippen molar-refractivity contribution in [1.29, 1.82) is 0 Å². The van der Waals surface area contributed by atoms with Crippen molar-refractivity contribution in [3.05, 3.63) is 35.5 Å². The number of rotatable bonds is 5. The van der Waals surface area contributed by atoms with Crippen molar-refractivity contribution in [1.82, 2.24) is 14.8 Å². The highest BCUT2D eigenvalue weighted by Gasteiger charge is 2.14. The largest absolute Gasteiger partial charge is 0.345 e. The van der Waals surface area contributed by atoms with E-state index >= 15 is 0 Å². The number of aryl methyl sites for hydroxylation is 1. The molecular formula is C19H29N3. The molecule has 0 amide bonds. The molecule has 3 rings (SSSR count). The van der Waals surface area contributed by atoms with Crippen LogP contribution in [0.15, 0.2) is 24.4 Å². The van der Waals surface area contributed by atoms with Gasteiger partial charge in [-0.15, -0.1) is 0 Å². The van der Waals surface area contributed by atoms with Crippen molar-refractivity contribution in [2.24, 2.45) is 0 Å². The van der Waals surface area contributed by atoms with E-state index in [0.717, 1.165) is 25.9 Å². The van der Waals surface area contributed by atoms with Crippen LogP contribution in [0.1, 0.15) is 37.9 Å². The molecule has 0 aliphatic carbocycles. The zero-order valence-electron chi connectivity index (χ0n) is 14.2. The summed E-state index contributed by atoms with van der Waals surface area (Å²) < 4.78 is 2.43. The summed E-state index contributed by atoms with van der Waals surface area (Å²) >= 11 is 0. The third-order valence-corrected chi connectivity index (χ3v) is 4.85. The molecule has 3 heteroatoms. The first-order chi connectivity index (χ1) is 10.7. The average Bonchev–Trinajstić information content (AvgIpc) is 2.92. The normalized spacial score (nSPS) is 16.7. The first-order valence-electron chi connectivity index (χ1n) is 8.74. The summed E-state index contributed by atoms with van der Waals surface area (Å²) in [7, 11) is 0. The third kappa shape index (κ3) is 3.21. The van der Waals surface area contributed by atoms with Gasteiger partial charge in [-0.1, -0.05) is 13.0 Å². The fraction of sp³-hybridized carbons (Fsp3) is 0.579. The van der Waals surface area contributed by atoms with E-state index in [1.54, 1.807) is 0 Å². The fourth-order valence-corrected chi connectivity index (χ4v) is 3.43. The Morgan fingerprint density at radius 1 is 1.18 bits per heavy atom. The lowest BCUT2D eigenvalue weighted by Crippen LogP contribution is -2.44. The first kappa shape index (κ1) is 15.6. The third-order valence-electron chi connectivity index (χ3n) is 4.85. The lowest BCUT2D eigenvalue weighted by Gasteiger charge is -2.26. The van der Waals surface area contributed by atoms with Crippen LogP contribution < -0.4 is 5.32 Å². The zero-order valence-corrected chi connectivity index (χ0v) is 14.2. The van der Waals surface area contributed by atoms with Gasteiger partial charge in [0, 0.05) is 55.9 Å². The maximum atomic E-state index is 3.43. The fourth-order valence-electron chi connectivity index (χ4n) is 3.43. The summed E-state index contributed by atoms with van der Waals surface area (Å²) in [5.74, 6) is 0. The predicted molar refractivity (Wildman–Crippen MR) is 94.7 cm³/mol.